The Balaban J connectivity index is 2.21. The lowest BCUT2D eigenvalue weighted by Gasteiger charge is -2.30. The van der Waals surface area contributed by atoms with Gasteiger partial charge in [0.1, 0.15) is 0 Å². The summed E-state index contributed by atoms with van der Waals surface area (Å²) in [5, 5.41) is 6.78. The predicted molar refractivity (Wildman–Crippen MR) is 101 cm³/mol. The molecule has 0 aliphatic heterocycles. The fourth-order valence-electron chi connectivity index (χ4n) is 2.77. The van der Waals surface area contributed by atoms with Gasteiger partial charge in [0.15, 0.2) is 5.96 Å². The van der Waals surface area contributed by atoms with Crippen molar-refractivity contribution in [2.75, 3.05) is 26.7 Å². The van der Waals surface area contributed by atoms with E-state index in [-0.39, 0.29) is 0 Å². The van der Waals surface area contributed by atoms with Crippen LogP contribution in [0, 0.1) is 0 Å². The molecule has 0 bridgehead atoms. The van der Waals surface area contributed by atoms with Gasteiger partial charge in [0, 0.05) is 38.8 Å². The minimum Gasteiger partial charge on any atom is -0.356 e. The van der Waals surface area contributed by atoms with Crippen molar-refractivity contribution in [3.8, 4) is 0 Å². The monoisotopic (exact) mass is 318 g/mol. The molecule has 0 saturated carbocycles. The smallest absolute Gasteiger partial charge is 0.190 e. The van der Waals surface area contributed by atoms with Crippen LogP contribution in [0.5, 0.6) is 0 Å². The Labute approximate surface area is 142 Å². The van der Waals surface area contributed by atoms with E-state index in [2.05, 4.69) is 78.6 Å². The zero-order chi connectivity index (χ0) is 17.1. The van der Waals surface area contributed by atoms with E-state index in [1.807, 2.05) is 7.05 Å². The highest BCUT2D eigenvalue weighted by atomic mass is 15.2. The van der Waals surface area contributed by atoms with E-state index < -0.39 is 0 Å². The van der Waals surface area contributed by atoms with E-state index in [0.29, 0.717) is 12.1 Å². The van der Waals surface area contributed by atoms with Crippen LogP contribution in [0.1, 0.15) is 39.7 Å². The molecule has 4 heteroatoms. The molecule has 0 radical (unpaired) electrons. The maximum Gasteiger partial charge on any atom is 0.190 e. The van der Waals surface area contributed by atoms with Crippen molar-refractivity contribution in [3.05, 3.63) is 35.9 Å². The number of guanidine groups is 1. The van der Waals surface area contributed by atoms with Gasteiger partial charge in [-0.2, -0.15) is 0 Å². The first-order chi connectivity index (χ1) is 11.0. The number of hydrogen-bond donors (Lipinski definition) is 2. The second-order valence-corrected chi connectivity index (χ2v) is 6.44. The number of nitrogens with one attached hydrogen (secondary N) is 2. The minimum absolute atomic E-state index is 0.596. The fraction of sp³-hybridized carbons (Fsp3) is 0.632. The summed E-state index contributed by atoms with van der Waals surface area (Å²) < 4.78 is 0. The summed E-state index contributed by atoms with van der Waals surface area (Å²) in [6.07, 6.45) is 2.13. The van der Waals surface area contributed by atoms with Crippen molar-refractivity contribution in [3.63, 3.8) is 0 Å². The van der Waals surface area contributed by atoms with Crippen LogP contribution in [-0.4, -0.2) is 49.6 Å². The molecule has 1 aromatic carbocycles. The Morgan fingerprint density at radius 1 is 1.00 bits per heavy atom. The van der Waals surface area contributed by atoms with E-state index >= 15 is 0 Å². The Hall–Kier alpha value is -1.55. The summed E-state index contributed by atoms with van der Waals surface area (Å²) in [4.78, 5) is 6.81. The number of aliphatic imine (C=N–C) groups is 1. The highest BCUT2D eigenvalue weighted by Gasteiger charge is 2.12. The highest BCUT2D eigenvalue weighted by molar-refractivity contribution is 5.79. The second kappa shape index (κ2) is 11.1. The van der Waals surface area contributed by atoms with Crippen LogP contribution < -0.4 is 10.6 Å². The largest absolute Gasteiger partial charge is 0.356 e. The molecule has 0 spiro atoms. The second-order valence-electron chi connectivity index (χ2n) is 6.44. The van der Waals surface area contributed by atoms with Gasteiger partial charge in [-0.15, -0.1) is 0 Å². The van der Waals surface area contributed by atoms with Crippen molar-refractivity contribution < 1.29 is 0 Å². The first-order valence-corrected chi connectivity index (χ1v) is 8.78. The SMILES string of the molecule is CN=C(NCCCN(C(C)C)C(C)C)NCCc1ccccc1. The average Bonchev–Trinajstić information content (AvgIpc) is 2.53. The maximum atomic E-state index is 4.29. The van der Waals surface area contributed by atoms with Gasteiger partial charge < -0.3 is 10.6 Å². The molecule has 0 atom stereocenters. The van der Waals surface area contributed by atoms with E-state index in [0.717, 1.165) is 38.4 Å². The molecule has 0 saturated heterocycles. The summed E-state index contributed by atoms with van der Waals surface area (Å²) >= 11 is 0. The van der Waals surface area contributed by atoms with Gasteiger partial charge in [-0.3, -0.25) is 9.89 Å². The molecule has 0 aliphatic carbocycles. The molecule has 1 aromatic rings. The van der Waals surface area contributed by atoms with Gasteiger partial charge in [0.25, 0.3) is 0 Å². The molecule has 0 aromatic heterocycles. The van der Waals surface area contributed by atoms with Crippen molar-refractivity contribution >= 4 is 5.96 Å². The summed E-state index contributed by atoms with van der Waals surface area (Å²) in [5.74, 6) is 0.890. The van der Waals surface area contributed by atoms with Gasteiger partial charge >= 0.3 is 0 Å². The van der Waals surface area contributed by atoms with Crippen molar-refractivity contribution in [2.24, 2.45) is 4.99 Å². The van der Waals surface area contributed by atoms with Gasteiger partial charge in [-0.1, -0.05) is 30.3 Å². The van der Waals surface area contributed by atoms with Crippen LogP contribution in [0.2, 0.25) is 0 Å². The molecule has 0 amide bonds. The van der Waals surface area contributed by atoms with Crippen LogP contribution >= 0.6 is 0 Å². The summed E-state index contributed by atoms with van der Waals surface area (Å²) in [6, 6.07) is 11.7. The lowest BCUT2D eigenvalue weighted by molar-refractivity contribution is 0.173. The standard InChI is InChI=1S/C19H34N4/c1-16(2)23(17(3)4)15-9-13-21-19(20-5)22-14-12-18-10-7-6-8-11-18/h6-8,10-11,16-17H,9,12-15H2,1-5H3,(H2,20,21,22). The normalized spacial score (nSPS) is 12.3. The molecule has 4 nitrogen and oxygen atoms in total. The first kappa shape index (κ1) is 19.5. The third kappa shape index (κ3) is 8.03. The Morgan fingerprint density at radius 2 is 1.61 bits per heavy atom. The molecule has 130 valence electrons. The minimum atomic E-state index is 0.596. The predicted octanol–water partition coefficient (Wildman–Crippen LogP) is 2.90. The van der Waals surface area contributed by atoms with Crippen LogP contribution in [0.4, 0.5) is 0 Å². The number of benzene rings is 1. The quantitative estimate of drug-likeness (QED) is 0.418. The molecule has 0 fully saturated rings. The van der Waals surface area contributed by atoms with Gasteiger partial charge in [0.05, 0.1) is 0 Å². The summed E-state index contributed by atoms with van der Waals surface area (Å²) in [5.41, 5.74) is 1.35. The maximum absolute atomic E-state index is 4.29. The van der Waals surface area contributed by atoms with Crippen LogP contribution in [0.3, 0.4) is 0 Å². The molecule has 23 heavy (non-hydrogen) atoms. The molecular formula is C19H34N4. The number of hydrogen-bond acceptors (Lipinski definition) is 2. The Bertz CT molecular complexity index is 432. The van der Waals surface area contributed by atoms with Crippen LogP contribution in [0.15, 0.2) is 35.3 Å². The molecule has 0 aliphatic rings. The van der Waals surface area contributed by atoms with E-state index in [9.17, 15) is 0 Å². The molecular weight excluding hydrogens is 284 g/mol. The third-order valence-corrected chi connectivity index (χ3v) is 3.98. The zero-order valence-electron chi connectivity index (χ0n) is 15.5. The fourth-order valence-corrected chi connectivity index (χ4v) is 2.77. The molecule has 1 rings (SSSR count). The van der Waals surface area contributed by atoms with Crippen molar-refractivity contribution in [2.45, 2.75) is 52.6 Å². The van der Waals surface area contributed by atoms with Crippen molar-refractivity contribution in [1.82, 2.24) is 15.5 Å². The van der Waals surface area contributed by atoms with Gasteiger partial charge in [-0.25, -0.2) is 0 Å². The molecule has 0 unspecified atom stereocenters. The Kier molecular flexibility index (Phi) is 9.37. The molecule has 0 heterocycles. The third-order valence-electron chi connectivity index (χ3n) is 3.98. The van der Waals surface area contributed by atoms with E-state index in [1.165, 1.54) is 5.56 Å². The van der Waals surface area contributed by atoms with Crippen molar-refractivity contribution in [1.29, 1.82) is 0 Å². The Morgan fingerprint density at radius 3 is 2.17 bits per heavy atom. The van der Waals surface area contributed by atoms with Crippen LogP contribution in [0.25, 0.3) is 0 Å². The van der Waals surface area contributed by atoms with Gasteiger partial charge in [0.2, 0.25) is 0 Å². The molecule has 2 N–H and O–H groups in total. The van der Waals surface area contributed by atoms with Gasteiger partial charge in [-0.05, 0) is 46.1 Å². The number of nitrogens with zero attached hydrogens (tertiary/aromatic N) is 2. The number of rotatable bonds is 9. The van der Waals surface area contributed by atoms with E-state index in [1.54, 1.807) is 0 Å². The topological polar surface area (TPSA) is 39.7 Å². The summed E-state index contributed by atoms with van der Waals surface area (Å²) in [6.45, 7) is 12.0. The van der Waals surface area contributed by atoms with E-state index in [4.69, 9.17) is 0 Å². The first-order valence-electron chi connectivity index (χ1n) is 8.78. The zero-order valence-corrected chi connectivity index (χ0v) is 15.5. The average molecular weight is 319 g/mol. The lowest BCUT2D eigenvalue weighted by atomic mass is 10.1. The summed E-state index contributed by atoms with van der Waals surface area (Å²) in [7, 11) is 1.83. The van der Waals surface area contributed by atoms with Crippen LogP contribution in [-0.2, 0) is 6.42 Å². The lowest BCUT2D eigenvalue weighted by Crippen LogP contribution is -2.41. The highest BCUT2D eigenvalue weighted by Crippen LogP contribution is 2.05.